The topological polar surface area (TPSA) is 274 Å². The van der Waals surface area contributed by atoms with Crippen molar-refractivity contribution in [3.8, 4) is 23.0 Å². The highest BCUT2D eigenvalue weighted by Gasteiger charge is 2.47. The molecule has 6 atom stereocenters. The number of anilines is 3. The number of hydrogen-bond donors (Lipinski definition) is 5. The molecule has 0 unspecified atom stereocenters. The van der Waals surface area contributed by atoms with Crippen molar-refractivity contribution in [1.29, 1.82) is 0 Å². The molecule has 0 aliphatic carbocycles. The molecule has 23 nitrogen and oxygen atoms in total. The van der Waals surface area contributed by atoms with Crippen molar-refractivity contribution in [3.63, 3.8) is 0 Å². The molecule has 3 aromatic rings. The van der Waals surface area contributed by atoms with Gasteiger partial charge in [-0.2, -0.15) is 0 Å². The summed E-state index contributed by atoms with van der Waals surface area (Å²) in [5, 5.41) is 32.5. The Balaban J connectivity index is 1.02. The monoisotopic (exact) mass is 1160 g/mol. The molecule has 7 rings (SSSR count). The van der Waals surface area contributed by atoms with E-state index in [0.717, 1.165) is 20.9 Å². The van der Waals surface area contributed by atoms with Gasteiger partial charge < -0.3 is 63.8 Å². The summed E-state index contributed by atoms with van der Waals surface area (Å²) in [6.45, 7) is 15.7. The van der Waals surface area contributed by atoms with Crippen LogP contribution in [0.3, 0.4) is 0 Å². The van der Waals surface area contributed by atoms with Crippen LogP contribution in [-0.2, 0) is 30.4 Å². The van der Waals surface area contributed by atoms with Crippen molar-refractivity contribution < 1.29 is 76.9 Å². The minimum atomic E-state index is -1.58. The van der Waals surface area contributed by atoms with Gasteiger partial charge >= 0.3 is 18.3 Å². The number of fused-ring (bicyclic) bond motifs is 4. The van der Waals surface area contributed by atoms with Gasteiger partial charge in [0, 0.05) is 36.6 Å². The van der Waals surface area contributed by atoms with Crippen LogP contribution in [0.1, 0.15) is 86.6 Å². The lowest BCUT2D eigenvalue weighted by atomic mass is 9.95. The number of nitrogens with zero attached hydrogens (tertiary/aromatic N) is 4. The summed E-state index contributed by atoms with van der Waals surface area (Å²) in [5.74, 6) is -1.48. The van der Waals surface area contributed by atoms with Crippen LogP contribution < -0.4 is 44.7 Å². The Bertz CT molecular complexity index is 3100. The molecule has 4 aliphatic rings. The van der Waals surface area contributed by atoms with Gasteiger partial charge in [0.1, 0.15) is 19.8 Å². The number of benzene rings is 3. The maximum Gasteiger partial charge on any atom is 0.416 e. The molecule has 0 spiro atoms. The van der Waals surface area contributed by atoms with Crippen LogP contribution in [0.5, 0.6) is 23.0 Å². The number of rotatable bonds is 26. The van der Waals surface area contributed by atoms with Crippen LogP contribution in [0.15, 0.2) is 122 Å². The Hall–Kier alpha value is -8.93. The standard InChI is InChI=1S/C61H73N7O16/c1-10-15-39-25-46-57(73)67(60(76)83-22-13-4)44-29-52(50(78-8)27-42(44)55(71)65(46)32-39)80-23-14-24-81-53-30-45-43(28-51(53)79-9)56(72)66-33-40(16-11-2)26-47(66)58(74)68(45)61(77)84-34-38-17-19-41(20-18-38)63-35-62-37(7)48(69)31-49(70)54(36(5)6)64-59(75)82-21-12-3/h10-13,15-20,27-30,32-33,36-37,46-47,54,57-58,62-63,73-74H,3-4,14,21-26,31,34-35H2,1-2,5-9H3,(H,64,75)/b15-10+,16-11+/t37-,46-,47-,54-,57-,58-/m0/s1. The number of nitrogens with one attached hydrogen (secondary N) is 3. The number of alkyl carbamates (subject to hydrolysis) is 1. The lowest BCUT2D eigenvalue weighted by Gasteiger charge is -2.31. The number of allylic oxidation sites excluding steroid dienone is 4. The summed E-state index contributed by atoms with van der Waals surface area (Å²) in [6.07, 6.45) is 7.93. The van der Waals surface area contributed by atoms with Gasteiger partial charge in [0.2, 0.25) is 0 Å². The first-order chi connectivity index (χ1) is 40.4. The zero-order chi connectivity index (χ0) is 60.8. The van der Waals surface area contributed by atoms with Gasteiger partial charge in [-0.3, -0.25) is 24.5 Å². The average Bonchev–Trinajstić information content (AvgIpc) is 2.04. The van der Waals surface area contributed by atoms with E-state index in [1.165, 1.54) is 60.4 Å². The van der Waals surface area contributed by atoms with Gasteiger partial charge in [0.25, 0.3) is 11.8 Å². The number of aliphatic hydroxyl groups is 2. The number of hydrogen-bond acceptors (Lipinski definition) is 18. The largest absolute Gasteiger partial charge is 0.493 e. The third-order valence-electron chi connectivity index (χ3n) is 14.2. The predicted molar refractivity (Wildman–Crippen MR) is 311 cm³/mol. The second kappa shape index (κ2) is 28.9. The van der Waals surface area contributed by atoms with Crippen molar-refractivity contribution in [1.82, 2.24) is 20.4 Å². The highest BCUT2D eigenvalue weighted by Crippen LogP contribution is 2.44. The Morgan fingerprint density at radius 2 is 1.19 bits per heavy atom. The van der Waals surface area contributed by atoms with Crippen LogP contribution in [-0.4, -0.2) is 146 Å². The highest BCUT2D eigenvalue weighted by molar-refractivity contribution is 6.08. The van der Waals surface area contributed by atoms with E-state index in [1.54, 1.807) is 57.4 Å². The average molecular weight is 1160 g/mol. The van der Waals surface area contributed by atoms with Gasteiger partial charge in [-0.15, -0.1) is 0 Å². The summed E-state index contributed by atoms with van der Waals surface area (Å²) in [4.78, 5) is 99.4. The van der Waals surface area contributed by atoms with Gasteiger partial charge in [-0.1, -0.05) is 75.6 Å². The minimum absolute atomic E-state index is 0.000969. The first-order valence-electron chi connectivity index (χ1n) is 27.4. The maximum absolute atomic E-state index is 14.4. The number of Topliss-reactive ketones (excluding diaryl/α,β-unsaturated/α-hetero) is 2. The SMILES string of the molecule is C=CCOC(=O)N[C@H](C(=O)CC(=O)[C@H](C)NCNc1ccc(COC(=O)N2c3cc(OCCCOc4cc5c(cc4OC)C(=O)N4C=C(/C=C/C)C[C@H]4[C@H](O)N5C(=O)OCC=C)c(OC)cc3C(=O)N3C=C(/C=C/C)C[C@H]3[C@@H]2O)cc1)C(C)C. The summed E-state index contributed by atoms with van der Waals surface area (Å²) in [7, 11) is 2.80. The molecule has 0 bridgehead atoms. The molecule has 3 aromatic carbocycles. The second-order valence-electron chi connectivity index (χ2n) is 20.3. The number of carbonyl (C=O) groups excluding carboxylic acids is 7. The molecule has 5 N–H and O–H groups in total. The Kier molecular flexibility index (Phi) is 21.5. The summed E-state index contributed by atoms with van der Waals surface area (Å²) in [6, 6.07) is 9.34. The summed E-state index contributed by atoms with van der Waals surface area (Å²) < 4.78 is 40.0. The fourth-order valence-corrected chi connectivity index (χ4v) is 9.94. The van der Waals surface area contributed by atoms with E-state index >= 15 is 0 Å². The second-order valence-corrected chi connectivity index (χ2v) is 20.3. The van der Waals surface area contributed by atoms with Crippen LogP contribution in [0.2, 0.25) is 0 Å². The molecular weight excluding hydrogens is 1090 g/mol. The molecular formula is C61H73N7O16. The van der Waals surface area contributed by atoms with E-state index in [9.17, 15) is 43.8 Å². The Morgan fingerprint density at radius 1 is 0.690 bits per heavy atom. The molecule has 4 aliphatic heterocycles. The van der Waals surface area contributed by atoms with Gasteiger partial charge in [0.15, 0.2) is 47.0 Å². The Morgan fingerprint density at radius 3 is 1.67 bits per heavy atom. The smallest absolute Gasteiger partial charge is 0.416 e. The number of ether oxygens (including phenoxy) is 7. The quantitative estimate of drug-likeness (QED) is 0.0170. The zero-order valence-corrected chi connectivity index (χ0v) is 48.2. The third-order valence-corrected chi connectivity index (χ3v) is 14.2. The van der Waals surface area contributed by atoms with E-state index in [2.05, 4.69) is 29.1 Å². The fraction of sp³-hybridized carbons (Fsp3) is 0.393. The Labute approximate surface area is 487 Å². The van der Waals surface area contributed by atoms with Gasteiger partial charge in [0.05, 0.1) is 87.2 Å². The van der Waals surface area contributed by atoms with Gasteiger partial charge in [-0.05, 0) is 80.5 Å². The van der Waals surface area contributed by atoms with Crippen molar-refractivity contribution in [3.05, 3.63) is 138 Å². The molecule has 0 radical (unpaired) electrons. The normalized spacial score (nSPS) is 18.7. The molecule has 4 heterocycles. The van der Waals surface area contributed by atoms with Crippen molar-refractivity contribution in [2.45, 2.75) is 104 Å². The molecule has 0 saturated heterocycles. The van der Waals surface area contributed by atoms with E-state index in [4.69, 9.17) is 33.2 Å². The van der Waals surface area contributed by atoms with Crippen LogP contribution in [0, 0.1) is 5.92 Å². The van der Waals surface area contributed by atoms with Crippen LogP contribution in [0.25, 0.3) is 0 Å². The van der Waals surface area contributed by atoms with E-state index < -0.39 is 78.9 Å². The van der Waals surface area contributed by atoms with Crippen LogP contribution >= 0.6 is 0 Å². The molecule has 0 aromatic heterocycles. The molecule has 5 amide bonds. The highest BCUT2D eigenvalue weighted by atomic mass is 16.6. The summed E-state index contributed by atoms with van der Waals surface area (Å²) >= 11 is 0. The lowest BCUT2D eigenvalue weighted by Crippen LogP contribution is -2.50. The van der Waals surface area contributed by atoms with E-state index in [-0.39, 0.29) is 116 Å². The molecule has 23 heteroatoms. The van der Waals surface area contributed by atoms with Crippen molar-refractivity contribution >= 4 is 58.7 Å². The first kappa shape index (κ1) is 62.7. The number of methoxy groups -OCH3 is 2. The molecule has 84 heavy (non-hydrogen) atoms. The third kappa shape index (κ3) is 14.4. The summed E-state index contributed by atoms with van der Waals surface area (Å²) in [5.41, 5.74) is 2.90. The van der Waals surface area contributed by atoms with E-state index in [1.807, 2.05) is 38.2 Å². The fourth-order valence-electron chi connectivity index (χ4n) is 9.94. The maximum atomic E-state index is 14.4. The number of aliphatic hydroxyl groups excluding tert-OH is 2. The van der Waals surface area contributed by atoms with Crippen LogP contribution in [0.4, 0.5) is 31.4 Å². The van der Waals surface area contributed by atoms with Crippen molar-refractivity contribution in [2.75, 3.05) is 62.4 Å². The number of ketones is 2. The predicted octanol–water partition coefficient (Wildman–Crippen LogP) is 7.65. The van der Waals surface area contributed by atoms with Crippen molar-refractivity contribution in [2.24, 2.45) is 5.92 Å². The number of amides is 5. The van der Waals surface area contributed by atoms with Gasteiger partial charge in [-0.25, -0.2) is 24.2 Å². The number of carbonyl (C=O) groups is 7. The lowest BCUT2D eigenvalue weighted by molar-refractivity contribution is -0.129. The zero-order valence-electron chi connectivity index (χ0n) is 48.2. The van der Waals surface area contributed by atoms with E-state index in [0.29, 0.717) is 11.3 Å². The first-order valence-corrected chi connectivity index (χ1v) is 27.4. The molecule has 0 saturated carbocycles. The molecule has 0 fully saturated rings. The minimum Gasteiger partial charge on any atom is -0.493 e. The molecule has 448 valence electrons.